The van der Waals surface area contributed by atoms with Crippen LogP contribution >= 0.6 is 0 Å². The Kier molecular flexibility index (Phi) is 3.99. The molecule has 2 rings (SSSR count). The lowest BCUT2D eigenvalue weighted by atomic mass is 9.98. The first-order valence-electron chi connectivity index (χ1n) is 5.91. The topological polar surface area (TPSA) is 52.9 Å². The quantitative estimate of drug-likeness (QED) is 0.818. The van der Waals surface area contributed by atoms with Crippen LogP contribution in [0, 0.1) is 0 Å². The van der Waals surface area contributed by atoms with Crippen LogP contribution in [0.4, 0.5) is 5.69 Å². The lowest BCUT2D eigenvalue weighted by molar-refractivity contribution is 0.0674. The molecule has 0 amide bonds. The van der Waals surface area contributed by atoms with Crippen molar-refractivity contribution in [3.05, 3.63) is 29.8 Å². The fraction of sp³-hybridized carbons (Fsp3) is 0.538. The average Bonchev–Trinajstić information content (AvgIpc) is 2.34. The molecule has 4 heteroatoms. The van der Waals surface area contributed by atoms with E-state index in [0.717, 1.165) is 17.8 Å². The summed E-state index contributed by atoms with van der Waals surface area (Å²) in [4.78, 5) is 2.10. The largest absolute Gasteiger partial charge is 0.389 e. The summed E-state index contributed by atoms with van der Waals surface area (Å²) in [6.07, 6.45) is -0.179. The van der Waals surface area contributed by atoms with E-state index in [9.17, 15) is 10.2 Å². The monoisotopic (exact) mass is 237 g/mol. The van der Waals surface area contributed by atoms with Gasteiger partial charge in [-0.05, 0) is 12.5 Å². The average molecular weight is 237 g/mol. The third-order valence-electron chi connectivity index (χ3n) is 3.10. The van der Waals surface area contributed by atoms with Crippen LogP contribution in [0.25, 0.3) is 0 Å². The maximum atomic E-state index is 9.90. The Hall–Kier alpha value is -1.10. The van der Waals surface area contributed by atoms with Crippen molar-refractivity contribution in [2.24, 2.45) is 0 Å². The molecule has 0 saturated carbocycles. The van der Waals surface area contributed by atoms with Gasteiger partial charge < -0.3 is 19.8 Å². The summed E-state index contributed by atoms with van der Waals surface area (Å²) in [5.74, 6) is 0. The number of nitrogens with zero attached hydrogens (tertiary/aromatic N) is 1. The molecule has 1 aromatic rings. The van der Waals surface area contributed by atoms with Gasteiger partial charge in [0.25, 0.3) is 0 Å². The number of aliphatic hydroxyl groups excluding tert-OH is 2. The second-order valence-electron chi connectivity index (χ2n) is 4.42. The molecule has 0 fully saturated rings. The number of para-hydroxylation sites is 1. The number of hydrogen-bond donors (Lipinski definition) is 2. The summed E-state index contributed by atoms with van der Waals surface area (Å²) in [6.45, 7) is 1.64. The van der Waals surface area contributed by atoms with E-state index in [1.807, 2.05) is 24.3 Å². The molecule has 0 saturated heterocycles. The lowest BCUT2D eigenvalue weighted by Gasteiger charge is -2.34. The molecule has 2 unspecified atom stereocenters. The smallest absolute Gasteiger partial charge is 0.0947 e. The molecule has 0 aliphatic carbocycles. The highest BCUT2D eigenvalue weighted by Gasteiger charge is 2.24. The Labute approximate surface area is 101 Å². The maximum absolute atomic E-state index is 9.90. The second-order valence-corrected chi connectivity index (χ2v) is 4.42. The number of ether oxygens (including phenoxy) is 1. The molecular formula is C13H19NO3. The first kappa shape index (κ1) is 12.4. The highest BCUT2D eigenvalue weighted by Crippen LogP contribution is 2.33. The molecule has 2 atom stereocenters. The molecule has 4 nitrogen and oxygen atoms in total. The van der Waals surface area contributed by atoms with Crippen molar-refractivity contribution in [2.45, 2.75) is 18.6 Å². The number of methoxy groups -OCH3 is 1. The first-order valence-corrected chi connectivity index (χ1v) is 5.91. The fourth-order valence-electron chi connectivity index (χ4n) is 2.30. The lowest BCUT2D eigenvalue weighted by Crippen LogP contribution is -2.38. The number of benzene rings is 1. The van der Waals surface area contributed by atoms with Crippen LogP contribution in [0.15, 0.2) is 24.3 Å². The van der Waals surface area contributed by atoms with E-state index in [4.69, 9.17) is 4.74 Å². The normalized spacial score (nSPS) is 21.1. The molecule has 0 radical (unpaired) electrons. The third-order valence-corrected chi connectivity index (χ3v) is 3.10. The Balaban J connectivity index is 2.13. The van der Waals surface area contributed by atoms with Gasteiger partial charge in [-0.2, -0.15) is 0 Å². The van der Waals surface area contributed by atoms with E-state index in [-0.39, 0.29) is 6.10 Å². The fourth-order valence-corrected chi connectivity index (χ4v) is 2.30. The van der Waals surface area contributed by atoms with Crippen LogP contribution < -0.4 is 4.90 Å². The molecule has 0 bridgehead atoms. The van der Waals surface area contributed by atoms with Crippen LogP contribution in [-0.2, 0) is 4.74 Å². The highest BCUT2D eigenvalue weighted by atomic mass is 16.5. The number of β-amino-alcohol motifs (C(OH)–C–C–N with tert-alkyl or cyclic N) is 1. The van der Waals surface area contributed by atoms with Gasteiger partial charge in [0, 0.05) is 31.5 Å². The number of rotatable bonds is 4. The minimum absolute atomic E-state index is 0.335. The van der Waals surface area contributed by atoms with Crippen LogP contribution in [0.5, 0.6) is 0 Å². The van der Waals surface area contributed by atoms with Gasteiger partial charge >= 0.3 is 0 Å². The van der Waals surface area contributed by atoms with Gasteiger partial charge in [0.05, 0.1) is 18.8 Å². The third kappa shape index (κ3) is 2.77. The van der Waals surface area contributed by atoms with Gasteiger partial charge in [-0.1, -0.05) is 18.2 Å². The zero-order valence-corrected chi connectivity index (χ0v) is 10.0. The van der Waals surface area contributed by atoms with Gasteiger partial charge in [-0.3, -0.25) is 0 Å². The molecule has 0 spiro atoms. The molecule has 1 aromatic carbocycles. The van der Waals surface area contributed by atoms with Crippen molar-refractivity contribution >= 4 is 5.69 Å². The van der Waals surface area contributed by atoms with Crippen molar-refractivity contribution in [3.63, 3.8) is 0 Å². The van der Waals surface area contributed by atoms with E-state index in [1.165, 1.54) is 0 Å². The molecular weight excluding hydrogens is 218 g/mol. The summed E-state index contributed by atoms with van der Waals surface area (Å²) in [5, 5.41) is 19.7. The molecule has 17 heavy (non-hydrogen) atoms. The molecule has 1 aliphatic rings. The predicted octanol–water partition coefficient (Wildman–Crippen LogP) is 0.937. The van der Waals surface area contributed by atoms with Crippen LogP contribution in [0.1, 0.15) is 18.1 Å². The number of hydrogen-bond acceptors (Lipinski definition) is 4. The Morgan fingerprint density at radius 3 is 3.00 bits per heavy atom. The van der Waals surface area contributed by atoms with E-state index in [1.54, 1.807) is 7.11 Å². The van der Waals surface area contributed by atoms with Gasteiger partial charge in [0.2, 0.25) is 0 Å². The van der Waals surface area contributed by atoms with Crippen molar-refractivity contribution in [3.8, 4) is 0 Å². The van der Waals surface area contributed by atoms with E-state index < -0.39 is 6.10 Å². The second kappa shape index (κ2) is 5.49. The van der Waals surface area contributed by atoms with Crippen molar-refractivity contribution < 1.29 is 14.9 Å². The Morgan fingerprint density at radius 1 is 1.47 bits per heavy atom. The van der Waals surface area contributed by atoms with Crippen LogP contribution in [0.3, 0.4) is 0 Å². The maximum Gasteiger partial charge on any atom is 0.0947 e. The molecule has 2 N–H and O–H groups in total. The summed E-state index contributed by atoms with van der Waals surface area (Å²) in [6, 6.07) is 7.80. The van der Waals surface area contributed by atoms with Gasteiger partial charge in [-0.25, -0.2) is 0 Å². The Morgan fingerprint density at radius 2 is 2.24 bits per heavy atom. The SMILES string of the molecule is COCC(O)CN1CCC(O)c2ccccc21. The molecule has 94 valence electrons. The molecule has 1 heterocycles. The van der Waals surface area contributed by atoms with E-state index in [2.05, 4.69) is 4.90 Å². The minimum atomic E-state index is -0.497. The summed E-state index contributed by atoms with van der Waals surface area (Å²) in [7, 11) is 1.58. The van der Waals surface area contributed by atoms with Crippen molar-refractivity contribution in [1.82, 2.24) is 0 Å². The molecule has 0 aromatic heterocycles. The van der Waals surface area contributed by atoms with E-state index >= 15 is 0 Å². The van der Waals surface area contributed by atoms with Gasteiger partial charge in [-0.15, -0.1) is 0 Å². The molecule has 1 aliphatic heterocycles. The number of aliphatic hydroxyl groups is 2. The Bertz CT molecular complexity index is 369. The summed E-state index contributed by atoms with van der Waals surface area (Å²) < 4.78 is 4.93. The van der Waals surface area contributed by atoms with Gasteiger partial charge in [0.1, 0.15) is 0 Å². The zero-order valence-electron chi connectivity index (χ0n) is 10.0. The predicted molar refractivity (Wildman–Crippen MR) is 66.1 cm³/mol. The zero-order chi connectivity index (χ0) is 12.3. The van der Waals surface area contributed by atoms with Crippen LogP contribution in [0.2, 0.25) is 0 Å². The minimum Gasteiger partial charge on any atom is -0.389 e. The number of fused-ring (bicyclic) bond motifs is 1. The summed E-state index contributed by atoms with van der Waals surface area (Å²) >= 11 is 0. The first-order chi connectivity index (χ1) is 8.22. The summed E-state index contributed by atoms with van der Waals surface area (Å²) in [5.41, 5.74) is 1.96. The van der Waals surface area contributed by atoms with Crippen LogP contribution in [-0.4, -0.2) is 43.1 Å². The van der Waals surface area contributed by atoms with E-state index in [0.29, 0.717) is 19.6 Å². The number of anilines is 1. The standard InChI is InChI=1S/C13H19NO3/c1-17-9-10(15)8-14-7-6-13(16)11-4-2-3-5-12(11)14/h2-5,10,13,15-16H,6-9H2,1H3. The highest BCUT2D eigenvalue weighted by molar-refractivity contribution is 5.56. The van der Waals surface area contributed by atoms with Crippen molar-refractivity contribution in [1.29, 1.82) is 0 Å². The van der Waals surface area contributed by atoms with Crippen molar-refractivity contribution in [2.75, 3.05) is 31.7 Å². The van der Waals surface area contributed by atoms with Gasteiger partial charge in [0.15, 0.2) is 0 Å².